The Labute approximate surface area is 113 Å². The van der Waals surface area contributed by atoms with Gasteiger partial charge in [-0.2, -0.15) is 9.78 Å². The average molecular weight is 290 g/mol. The highest BCUT2D eigenvalue weighted by Gasteiger charge is 2.09. The molecular weight excluding hydrogens is 282 g/mol. The molecule has 2 aromatic rings. The summed E-state index contributed by atoms with van der Waals surface area (Å²) in [6.45, 7) is 1.87. The van der Waals surface area contributed by atoms with Crippen molar-refractivity contribution in [2.75, 3.05) is 0 Å². The summed E-state index contributed by atoms with van der Waals surface area (Å²) in [6, 6.07) is 5.18. The molecule has 0 saturated carbocycles. The molecule has 0 aliphatic heterocycles. The van der Waals surface area contributed by atoms with Gasteiger partial charge in [-0.1, -0.05) is 40.9 Å². The number of halogens is 3. The van der Waals surface area contributed by atoms with Crippen LogP contribution in [0.5, 0.6) is 0 Å². The van der Waals surface area contributed by atoms with Gasteiger partial charge in [-0.05, 0) is 24.6 Å². The highest BCUT2D eigenvalue weighted by molar-refractivity contribution is 6.41. The van der Waals surface area contributed by atoms with Crippen LogP contribution in [0.25, 0.3) is 5.69 Å². The van der Waals surface area contributed by atoms with Crippen LogP contribution >= 0.6 is 34.8 Å². The maximum absolute atomic E-state index is 11.8. The van der Waals surface area contributed by atoms with Crippen LogP contribution in [0.15, 0.2) is 29.2 Å². The zero-order chi connectivity index (χ0) is 12.6. The summed E-state index contributed by atoms with van der Waals surface area (Å²) in [4.78, 5) is 11.8. The van der Waals surface area contributed by atoms with E-state index in [0.717, 1.165) is 10.2 Å². The average Bonchev–Trinajstić information content (AvgIpc) is 2.30. The van der Waals surface area contributed by atoms with Crippen LogP contribution in [0.2, 0.25) is 15.1 Å². The molecule has 0 radical (unpaired) electrons. The van der Waals surface area contributed by atoms with E-state index in [4.69, 9.17) is 34.8 Å². The third kappa shape index (κ3) is 2.32. The molecule has 2 rings (SSSR count). The van der Waals surface area contributed by atoms with Gasteiger partial charge in [0.05, 0.1) is 16.9 Å². The molecule has 1 heterocycles. The number of hydrogen-bond donors (Lipinski definition) is 0. The molecule has 6 heteroatoms. The van der Waals surface area contributed by atoms with E-state index in [9.17, 15) is 4.79 Å². The van der Waals surface area contributed by atoms with E-state index in [1.54, 1.807) is 18.2 Å². The monoisotopic (exact) mass is 288 g/mol. The second-order valence-electron chi connectivity index (χ2n) is 3.46. The van der Waals surface area contributed by atoms with Gasteiger partial charge in [-0.25, -0.2) is 0 Å². The van der Waals surface area contributed by atoms with Crippen molar-refractivity contribution in [1.29, 1.82) is 0 Å². The van der Waals surface area contributed by atoms with Crippen molar-refractivity contribution in [2.45, 2.75) is 6.92 Å². The molecule has 1 aromatic heterocycles. The van der Waals surface area contributed by atoms with Crippen molar-refractivity contribution in [2.24, 2.45) is 0 Å². The number of aromatic nitrogens is 2. The predicted octanol–water partition coefficient (Wildman–Crippen LogP) is 3.50. The van der Waals surface area contributed by atoms with Gasteiger partial charge in [-0.15, -0.1) is 0 Å². The van der Waals surface area contributed by atoms with E-state index >= 15 is 0 Å². The van der Waals surface area contributed by atoms with E-state index < -0.39 is 5.56 Å². The zero-order valence-electron chi connectivity index (χ0n) is 8.75. The molecule has 1 aromatic carbocycles. The summed E-state index contributed by atoms with van der Waals surface area (Å²) in [5.41, 5.74) is 0.992. The molecule has 0 bridgehead atoms. The first-order valence-electron chi connectivity index (χ1n) is 4.70. The fourth-order valence-corrected chi connectivity index (χ4v) is 1.74. The largest absolute Gasteiger partial charge is 0.291 e. The van der Waals surface area contributed by atoms with Gasteiger partial charge in [-0.3, -0.25) is 4.79 Å². The van der Waals surface area contributed by atoms with Crippen LogP contribution < -0.4 is 5.56 Å². The first-order chi connectivity index (χ1) is 8.00. The Kier molecular flexibility index (Phi) is 3.43. The molecule has 0 atom stereocenters. The fraction of sp³-hybridized carbons (Fsp3) is 0.0909. The molecular formula is C11H7Cl3N2O. The lowest BCUT2D eigenvalue weighted by atomic mass is 10.2. The van der Waals surface area contributed by atoms with Crippen molar-refractivity contribution in [3.63, 3.8) is 0 Å². The summed E-state index contributed by atoms with van der Waals surface area (Å²) in [5, 5.41) is 4.54. The molecule has 0 fully saturated rings. The lowest BCUT2D eigenvalue weighted by Crippen LogP contribution is -2.21. The first kappa shape index (κ1) is 12.4. The number of benzene rings is 1. The zero-order valence-corrected chi connectivity index (χ0v) is 11.0. The predicted molar refractivity (Wildman–Crippen MR) is 69.6 cm³/mol. The van der Waals surface area contributed by atoms with Gasteiger partial charge in [0.25, 0.3) is 5.56 Å². The van der Waals surface area contributed by atoms with E-state index in [-0.39, 0.29) is 10.0 Å². The van der Waals surface area contributed by atoms with Crippen molar-refractivity contribution in [3.05, 3.63) is 55.4 Å². The topological polar surface area (TPSA) is 34.9 Å². The third-order valence-corrected chi connectivity index (χ3v) is 3.43. The number of hydrogen-bond acceptors (Lipinski definition) is 2. The molecule has 17 heavy (non-hydrogen) atoms. The minimum absolute atomic E-state index is 0.0571. The number of nitrogens with zero attached hydrogens (tertiary/aromatic N) is 2. The quantitative estimate of drug-likeness (QED) is 0.805. The van der Waals surface area contributed by atoms with Gasteiger partial charge >= 0.3 is 0 Å². The Morgan fingerprint density at radius 2 is 1.88 bits per heavy atom. The SMILES string of the molecule is Cc1ccc(-n2ncc(Cl)c(Cl)c2=O)cc1Cl. The summed E-state index contributed by atoms with van der Waals surface area (Å²) in [7, 11) is 0. The lowest BCUT2D eigenvalue weighted by Gasteiger charge is -2.06. The molecule has 3 nitrogen and oxygen atoms in total. The Morgan fingerprint density at radius 3 is 2.53 bits per heavy atom. The Morgan fingerprint density at radius 1 is 1.18 bits per heavy atom. The Hall–Kier alpha value is -1.03. The smallest absolute Gasteiger partial charge is 0.266 e. The van der Waals surface area contributed by atoms with E-state index in [1.165, 1.54) is 6.20 Å². The van der Waals surface area contributed by atoms with E-state index in [0.29, 0.717) is 10.7 Å². The van der Waals surface area contributed by atoms with Crippen LogP contribution in [0.1, 0.15) is 5.56 Å². The van der Waals surface area contributed by atoms with Gasteiger partial charge in [0.15, 0.2) is 0 Å². The molecule has 0 unspecified atom stereocenters. The first-order valence-corrected chi connectivity index (χ1v) is 5.84. The highest BCUT2D eigenvalue weighted by Crippen LogP contribution is 2.20. The Bertz CT molecular complexity index is 637. The van der Waals surface area contributed by atoms with E-state index in [1.807, 2.05) is 6.92 Å². The highest BCUT2D eigenvalue weighted by atomic mass is 35.5. The molecule has 0 spiro atoms. The second-order valence-corrected chi connectivity index (χ2v) is 4.65. The Balaban J connectivity index is 2.65. The van der Waals surface area contributed by atoms with Crippen LogP contribution in [0, 0.1) is 6.92 Å². The minimum atomic E-state index is -0.473. The van der Waals surface area contributed by atoms with Crippen molar-refractivity contribution in [3.8, 4) is 5.69 Å². The number of aryl methyl sites for hydroxylation is 1. The normalized spacial score (nSPS) is 10.6. The van der Waals surface area contributed by atoms with Crippen LogP contribution in [0.4, 0.5) is 0 Å². The molecule has 88 valence electrons. The maximum Gasteiger partial charge on any atom is 0.291 e. The van der Waals surface area contributed by atoms with Gasteiger partial charge in [0, 0.05) is 5.02 Å². The van der Waals surface area contributed by atoms with Crippen LogP contribution in [-0.4, -0.2) is 9.78 Å². The van der Waals surface area contributed by atoms with E-state index in [2.05, 4.69) is 5.10 Å². The fourth-order valence-electron chi connectivity index (χ4n) is 1.31. The van der Waals surface area contributed by atoms with Crippen molar-refractivity contribution >= 4 is 34.8 Å². The molecule has 0 N–H and O–H groups in total. The maximum atomic E-state index is 11.8. The number of rotatable bonds is 1. The molecule has 0 amide bonds. The van der Waals surface area contributed by atoms with Crippen molar-refractivity contribution < 1.29 is 0 Å². The van der Waals surface area contributed by atoms with Crippen LogP contribution in [0.3, 0.4) is 0 Å². The summed E-state index contributed by atoms with van der Waals surface area (Å²) < 4.78 is 1.15. The summed E-state index contributed by atoms with van der Waals surface area (Å²) in [5.74, 6) is 0. The standard InChI is InChI=1S/C11H7Cl3N2O/c1-6-2-3-7(4-8(6)12)16-11(17)10(14)9(13)5-15-16/h2-5H,1H3. The van der Waals surface area contributed by atoms with Gasteiger partial charge < -0.3 is 0 Å². The third-order valence-electron chi connectivity index (χ3n) is 2.28. The summed E-state index contributed by atoms with van der Waals surface area (Å²) in [6.07, 6.45) is 1.32. The van der Waals surface area contributed by atoms with Crippen LogP contribution in [-0.2, 0) is 0 Å². The molecule has 0 saturated heterocycles. The minimum Gasteiger partial charge on any atom is -0.266 e. The molecule has 0 aliphatic carbocycles. The second kappa shape index (κ2) is 4.69. The van der Waals surface area contributed by atoms with Gasteiger partial charge in [0.2, 0.25) is 0 Å². The summed E-state index contributed by atoms with van der Waals surface area (Å²) >= 11 is 17.4. The lowest BCUT2D eigenvalue weighted by molar-refractivity contribution is 0.807. The van der Waals surface area contributed by atoms with Gasteiger partial charge in [0.1, 0.15) is 5.02 Å². The van der Waals surface area contributed by atoms with Crippen molar-refractivity contribution in [1.82, 2.24) is 9.78 Å². The molecule has 0 aliphatic rings.